The number of nitro benzene ring substituents is 1. The summed E-state index contributed by atoms with van der Waals surface area (Å²) in [5.41, 5.74) is -0.0856. The van der Waals surface area contributed by atoms with Crippen molar-refractivity contribution in [2.24, 2.45) is 0 Å². The molecule has 166 valence electrons. The van der Waals surface area contributed by atoms with Crippen molar-refractivity contribution in [3.63, 3.8) is 0 Å². The largest absolute Gasteiger partial charge is 0.493 e. The second-order valence-corrected chi connectivity index (χ2v) is 7.28. The number of nitro groups is 1. The van der Waals surface area contributed by atoms with Crippen LogP contribution in [0.2, 0.25) is 0 Å². The van der Waals surface area contributed by atoms with E-state index in [4.69, 9.17) is 4.74 Å². The van der Waals surface area contributed by atoms with Crippen molar-refractivity contribution in [3.05, 3.63) is 81.9 Å². The van der Waals surface area contributed by atoms with Crippen LogP contribution in [0.4, 0.5) is 16.2 Å². The van der Waals surface area contributed by atoms with E-state index in [9.17, 15) is 24.5 Å². The summed E-state index contributed by atoms with van der Waals surface area (Å²) in [5.74, 6) is -1.26. The van der Waals surface area contributed by atoms with Gasteiger partial charge >= 0.3 is 6.03 Å². The molecule has 33 heavy (non-hydrogen) atoms. The van der Waals surface area contributed by atoms with Gasteiger partial charge in [0, 0.05) is 17.7 Å². The zero-order valence-electron chi connectivity index (χ0n) is 17.6. The van der Waals surface area contributed by atoms with Crippen molar-refractivity contribution >= 4 is 46.1 Å². The lowest BCUT2D eigenvalue weighted by molar-refractivity contribution is -0.384. The molecular weight excluding hydrogens is 426 g/mol. The first kappa shape index (κ1) is 21.7. The first-order valence-electron chi connectivity index (χ1n) is 10.2. The second kappa shape index (κ2) is 8.91. The molecule has 0 saturated carbocycles. The summed E-state index contributed by atoms with van der Waals surface area (Å²) in [6, 6.07) is 15.2. The van der Waals surface area contributed by atoms with Gasteiger partial charge < -0.3 is 4.74 Å². The normalized spacial score (nSPS) is 15.1. The molecule has 9 heteroatoms. The van der Waals surface area contributed by atoms with Crippen LogP contribution in [0, 0.1) is 10.1 Å². The summed E-state index contributed by atoms with van der Waals surface area (Å²) in [4.78, 5) is 49.6. The molecule has 9 nitrogen and oxygen atoms in total. The number of rotatable bonds is 6. The predicted octanol–water partition coefficient (Wildman–Crippen LogP) is 4.20. The van der Waals surface area contributed by atoms with E-state index in [1.165, 1.54) is 24.3 Å². The van der Waals surface area contributed by atoms with Crippen LogP contribution in [0.15, 0.2) is 66.2 Å². The molecule has 4 amide bonds. The highest BCUT2D eigenvalue weighted by Gasteiger charge is 2.37. The van der Waals surface area contributed by atoms with Crippen molar-refractivity contribution in [3.8, 4) is 5.75 Å². The monoisotopic (exact) mass is 445 g/mol. The van der Waals surface area contributed by atoms with Crippen LogP contribution >= 0.6 is 0 Å². The van der Waals surface area contributed by atoms with E-state index in [1.54, 1.807) is 6.07 Å². The van der Waals surface area contributed by atoms with E-state index in [-0.39, 0.29) is 16.9 Å². The second-order valence-electron chi connectivity index (χ2n) is 7.28. The van der Waals surface area contributed by atoms with Gasteiger partial charge in [-0.3, -0.25) is 25.0 Å². The van der Waals surface area contributed by atoms with Crippen LogP contribution in [-0.2, 0) is 9.59 Å². The number of nitrogens with zero attached hydrogens (tertiary/aromatic N) is 2. The highest BCUT2D eigenvalue weighted by molar-refractivity contribution is 6.39. The highest BCUT2D eigenvalue weighted by atomic mass is 16.6. The summed E-state index contributed by atoms with van der Waals surface area (Å²) in [7, 11) is 0. The molecule has 0 unspecified atom stereocenters. The molecule has 1 N–H and O–H groups in total. The molecule has 3 aromatic rings. The molecule has 0 bridgehead atoms. The van der Waals surface area contributed by atoms with Crippen LogP contribution in [0.3, 0.4) is 0 Å². The first-order valence-corrected chi connectivity index (χ1v) is 10.2. The number of benzene rings is 3. The fourth-order valence-corrected chi connectivity index (χ4v) is 3.54. The van der Waals surface area contributed by atoms with Crippen molar-refractivity contribution < 1.29 is 24.0 Å². The van der Waals surface area contributed by atoms with Gasteiger partial charge in [-0.15, -0.1) is 0 Å². The summed E-state index contributed by atoms with van der Waals surface area (Å²) in [6.07, 6.45) is 2.15. The predicted molar refractivity (Wildman–Crippen MR) is 122 cm³/mol. The average molecular weight is 445 g/mol. The van der Waals surface area contributed by atoms with Gasteiger partial charge in [0.05, 0.1) is 17.2 Å². The number of urea groups is 1. The molecule has 0 radical (unpaired) electrons. The van der Waals surface area contributed by atoms with Crippen molar-refractivity contribution in [1.82, 2.24) is 5.32 Å². The summed E-state index contributed by atoms with van der Waals surface area (Å²) < 4.78 is 5.84. The highest BCUT2D eigenvalue weighted by Crippen LogP contribution is 2.32. The van der Waals surface area contributed by atoms with E-state index < -0.39 is 22.8 Å². The number of barbiturate groups is 1. The summed E-state index contributed by atoms with van der Waals surface area (Å²) in [6.45, 7) is 2.40. The first-order chi connectivity index (χ1) is 15.9. The van der Waals surface area contributed by atoms with Gasteiger partial charge in [0.15, 0.2) is 0 Å². The van der Waals surface area contributed by atoms with Gasteiger partial charge in [0.1, 0.15) is 11.3 Å². The quantitative estimate of drug-likeness (QED) is 0.263. The van der Waals surface area contributed by atoms with Crippen LogP contribution in [-0.4, -0.2) is 29.4 Å². The fraction of sp³-hybridized carbons (Fsp3) is 0.125. The maximum Gasteiger partial charge on any atom is 0.335 e. The minimum atomic E-state index is -0.983. The van der Waals surface area contributed by atoms with E-state index >= 15 is 0 Å². The summed E-state index contributed by atoms with van der Waals surface area (Å²) in [5, 5.41) is 14.9. The maximum atomic E-state index is 13.3. The standard InChI is InChI=1S/C24H19N3O6/c1-2-12-33-21-11-10-15-6-3-4-9-18(15)19(21)14-20-22(28)25-24(30)26(23(20)29)16-7-5-8-17(13-16)27(31)32/h3-11,13-14H,2,12H2,1H3,(H,25,28,30)/b20-14+. The van der Waals surface area contributed by atoms with Crippen LogP contribution in [0.1, 0.15) is 18.9 Å². The zero-order chi connectivity index (χ0) is 23.5. The number of carbonyl (C=O) groups is 3. The molecule has 3 aromatic carbocycles. The number of amides is 4. The van der Waals surface area contributed by atoms with Gasteiger partial charge in [0.2, 0.25) is 0 Å². The number of non-ortho nitro benzene ring substituents is 1. The number of hydrogen-bond donors (Lipinski definition) is 1. The third kappa shape index (κ3) is 4.16. The molecule has 1 heterocycles. The fourth-order valence-electron chi connectivity index (χ4n) is 3.54. The Morgan fingerprint density at radius 1 is 1.06 bits per heavy atom. The minimum Gasteiger partial charge on any atom is -0.493 e. The average Bonchev–Trinajstić information content (AvgIpc) is 2.80. The van der Waals surface area contributed by atoms with E-state index in [0.29, 0.717) is 22.8 Å². The maximum absolute atomic E-state index is 13.3. The molecule has 1 aliphatic rings. The molecule has 0 aliphatic carbocycles. The van der Waals surface area contributed by atoms with Gasteiger partial charge in [-0.1, -0.05) is 43.3 Å². The Labute approximate surface area is 188 Å². The summed E-state index contributed by atoms with van der Waals surface area (Å²) >= 11 is 0. The van der Waals surface area contributed by atoms with Crippen molar-refractivity contribution in [1.29, 1.82) is 0 Å². The van der Waals surface area contributed by atoms with Gasteiger partial charge in [-0.05, 0) is 35.4 Å². The molecular formula is C24H19N3O6. The Bertz CT molecular complexity index is 1330. The molecule has 4 rings (SSSR count). The lowest BCUT2D eigenvalue weighted by Crippen LogP contribution is -2.54. The van der Waals surface area contributed by atoms with Crippen LogP contribution in [0.5, 0.6) is 5.75 Å². The third-order valence-electron chi connectivity index (χ3n) is 5.08. The number of carbonyl (C=O) groups excluding carboxylic acids is 3. The molecule has 1 saturated heterocycles. The number of imide groups is 2. The zero-order valence-corrected chi connectivity index (χ0v) is 17.6. The molecule has 1 fully saturated rings. The van der Waals surface area contributed by atoms with Gasteiger partial charge in [-0.25, -0.2) is 9.69 Å². The molecule has 0 aromatic heterocycles. The Balaban J connectivity index is 1.84. The van der Waals surface area contributed by atoms with Crippen molar-refractivity contribution in [2.45, 2.75) is 13.3 Å². The topological polar surface area (TPSA) is 119 Å². The molecule has 0 atom stereocenters. The number of fused-ring (bicyclic) bond motifs is 1. The Hall–Kier alpha value is -4.53. The number of nitrogens with one attached hydrogen (secondary N) is 1. The SMILES string of the molecule is CCCOc1ccc2ccccc2c1/C=C1\C(=O)NC(=O)N(c2cccc([N+](=O)[O-])c2)C1=O. The van der Waals surface area contributed by atoms with Gasteiger partial charge in [-0.2, -0.15) is 0 Å². The number of anilines is 1. The van der Waals surface area contributed by atoms with E-state index in [0.717, 1.165) is 23.3 Å². The number of hydrogen-bond acceptors (Lipinski definition) is 6. The van der Waals surface area contributed by atoms with E-state index in [2.05, 4.69) is 5.32 Å². The van der Waals surface area contributed by atoms with E-state index in [1.807, 2.05) is 37.3 Å². The lowest BCUT2D eigenvalue weighted by Gasteiger charge is -2.26. The third-order valence-corrected chi connectivity index (χ3v) is 5.08. The van der Waals surface area contributed by atoms with Crippen LogP contribution < -0.4 is 15.0 Å². The lowest BCUT2D eigenvalue weighted by atomic mass is 9.99. The smallest absolute Gasteiger partial charge is 0.335 e. The van der Waals surface area contributed by atoms with Crippen LogP contribution in [0.25, 0.3) is 16.8 Å². The van der Waals surface area contributed by atoms with Crippen molar-refractivity contribution in [2.75, 3.05) is 11.5 Å². The Morgan fingerprint density at radius 3 is 2.61 bits per heavy atom. The van der Waals surface area contributed by atoms with Gasteiger partial charge in [0.25, 0.3) is 17.5 Å². The minimum absolute atomic E-state index is 0.0227. The Kier molecular flexibility index (Phi) is 5.86. The molecule has 0 spiro atoms. The number of ether oxygens (including phenoxy) is 1. The Morgan fingerprint density at radius 2 is 1.85 bits per heavy atom. The molecule has 1 aliphatic heterocycles.